The molecule has 0 fully saturated rings. The molecule has 0 aliphatic rings. The van der Waals surface area contributed by atoms with Gasteiger partial charge in [-0.1, -0.05) is 24.3 Å². The van der Waals surface area contributed by atoms with Gasteiger partial charge in [0, 0.05) is 42.3 Å². The van der Waals surface area contributed by atoms with Gasteiger partial charge in [-0.3, -0.25) is 4.98 Å². The number of aryl methyl sites for hydroxylation is 1. The number of thiazole rings is 1. The summed E-state index contributed by atoms with van der Waals surface area (Å²) in [5.41, 5.74) is 3.25. The zero-order valence-corrected chi connectivity index (χ0v) is 19.3. The molecule has 2 aromatic heterocycles. The van der Waals surface area contributed by atoms with E-state index < -0.39 is 0 Å². The van der Waals surface area contributed by atoms with E-state index in [-0.39, 0.29) is 24.0 Å². The first-order chi connectivity index (χ1) is 13.2. The van der Waals surface area contributed by atoms with Crippen molar-refractivity contribution in [2.75, 3.05) is 13.1 Å². The molecule has 5 nitrogen and oxygen atoms in total. The molecule has 28 heavy (non-hydrogen) atoms. The highest BCUT2D eigenvalue weighted by molar-refractivity contribution is 14.0. The molecule has 0 bridgehead atoms. The van der Waals surface area contributed by atoms with Crippen molar-refractivity contribution in [3.63, 3.8) is 0 Å². The van der Waals surface area contributed by atoms with Crippen molar-refractivity contribution in [3.8, 4) is 11.3 Å². The van der Waals surface area contributed by atoms with Crippen LogP contribution in [0.5, 0.6) is 0 Å². The monoisotopic (exact) mass is 507 g/mol. The standard InChI is InChI=1S/C21H25N5S.HI/c1-3-22-21(24-12-10-20-25-14-16(2)27-20)26-15-17-7-6-8-18(13-17)19-9-4-5-11-23-19;/h4-9,11,13-14H,3,10,12,15H2,1-2H3,(H2,22,24,26);1H. The number of hydrogen-bond acceptors (Lipinski definition) is 4. The fourth-order valence-corrected chi connectivity index (χ4v) is 3.47. The number of rotatable bonds is 7. The normalized spacial score (nSPS) is 11.0. The van der Waals surface area contributed by atoms with Gasteiger partial charge in [0.15, 0.2) is 5.96 Å². The molecular weight excluding hydrogens is 481 g/mol. The molecule has 0 unspecified atom stereocenters. The van der Waals surface area contributed by atoms with Crippen LogP contribution in [-0.4, -0.2) is 29.0 Å². The Labute approximate surface area is 187 Å². The van der Waals surface area contributed by atoms with E-state index in [1.165, 1.54) is 4.88 Å². The third-order valence-corrected chi connectivity index (χ3v) is 4.92. The first-order valence-corrected chi connectivity index (χ1v) is 10.00. The Kier molecular flexibility index (Phi) is 9.36. The predicted molar refractivity (Wildman–Crippen MR) is 128 cm³/mol. The lowest BCUT2D eigenvalue weighted by atomic mass is 10.1. The lowest BCUT2D eigenvalue weighted by Crippen LogP contribution is -2.38. The molecule has 148 valence electrons. The minimum absolute atomic E-state index is 0. The fourth-order valence-electron chi connectivity index (χ4n) is 2.68. The van der Waals surface area contributed by atoms with Crippen molar-refractivity contribution in [3.05, 3.63) is 70.3 Å². The molecule has 3 aromatic rings. The van der Waals surface area contributed by atoms with E-state index in [1.54, 1.807) is 11.3 Å². The highest BCUT2D eigenvalue weighted by Crippen LogP contribution is 2.18. The van der Waals surface area contributed by atoms with Crippen molar-refractivity contribution in [1.82, 2.24) is 20.6 Å². The molecule has 0 saturated heterocycles. The maximum Gasteiger partial charge on any atom is 0.191 e. The Morgan fingerprint density at radius 1 is 1.11 bits per heavy atom. The summed E-state index contributed by atoms with van der Waals surface area (Å²) >= 11 is 1.75. The van der Waals surface area contributed by atoms with E-state index in [2.05, 4.69) is 58.7 Å². The van der Waals surface area contributed by atoms with E-state index in [9.17, 15) is 0 Å². The van der Waals surface area contributed by atoms with Gasteiger partial charge in [-0.15, -0.1) is 35.3 Å². The summed E-state index contributed by atoms with van der Waals surface area (Å²) < 4.78 is 0. The van der Waals surface area contributed by atoms with Gasteiger partial charge < -0.3 is 10.6 Å². The Morgan fingerprint density at radius 2 is 2.00 bits per heavy atom. The Bertz CT molecular complexity index is 879. The number of aromatic nitrogens is 2. The zero-order valence-electron chi connectivity index (χ0n) is 16.2. The smallest absolute Gasteiger partial charge is 0.191 e. The minimum atomic E-state index is 0. The number of aliphatic imine (C=N–C) groups is 1. The maximum atomic E-state index is 4.71. The van der Waals surface area contributed by atoms with Gasteiger partial charge in [0.1, 0.15) is 0 Å². The maximum absolute atomic E-state index is 4.71. The van der Waals surface area contributed by atoms with Crippen LogP contribution in [0.25, 0.3) is 11.3 Å². The Balaban J connectivity index is 0.00000280. The fraction of sp³-hybridized carbons (Fsp3) is 0.286. The average Bonchev–Trinajstić information content (AvgIpc) is 3.12. The molecule has 3 rings (SSSR count). The molecule has 2 N–H and O–H groups in total. The molecule has 7 heteroatoms. The van der Waals surface area contributed by atoms with E-state index in [4.69, 9.17) is 4.99 Å². The highest BCUT2D eigenvalue weighted by Gasteiger charge is 2.03. The van der Waals surface area contributed by atoms with Gasteiger partial charge in [0.25, 0.3) is 0 Å². The first-order valence-electron chi connectivity index (χ1n) is 9.18. The van der Waals surface area contributed by atoms with Crippen LogP contribution < -0.4 is 10.6 Å². The topological polar surface area (TPSA) is 62.2 Å². The number of hydrogen-bond donors (Lipinski definition) is 2. The lowest BCUT2D eigenvalue weighted by molar-refractivity contribution is 0.796. The van der Waals surface area contributed by atoms with Crippen molar-refractivity contribution in [1.29, 1.82) is 0 Å². The van der Waals surface area contributed by atoms with Crippen LogP contribution in [0, 0.1) is 6.92 Å². The van der Waals surface area contributed by atoms with Crippen molar-refractivity contribution >= 4 is 41.3 Å². The second kappa shape index (κ2) is 11.8. The summed E-state index contributed by atoms with van der Waals surface area (Å²) in [6, 6.07) is 14.3. The second-order valence-corrected chi connectivity index (χ2v) is 7.47. The average molecular weight is 507 g/mol. The molecule has 2 heterocycles. The summed E-state index contributed by atoms with van der Waals surface area (Å²) in [7, 11) is 0. The summed E-state index contributed by atoms with van der Waals surface area (Å²) in [5, 5.41) is 7.84. The predicted octanol–water partition coefficient (Wildman–Crippen LogP) is 4.43. The highest BCUT2D eigenvalue weighted by atomic mass is 127. The second-order valence-electron chi connectivity index (χ2n) is 6.15. The lowest BCUT2D eigenvalue weighted by Gasteiger charge is -2.11. The summed E-state index contributed by atoms with van der Waals surface area (Å²) in [4.78, 5) is 14.8. The van der Waals surface area contributed by atoms with E-state index in [1.807, 2.05) is 30.6 Å². The molecule has 1 aromatic carbocycles. The van der Waals surface area contributed by atoms with Gasteiger partial charge in [0.05, 0.1) is 17.2 Å². The molecule has 0 aliphatic carbocycles. The molecule has 0 saturated carbocycles. The van der Waals surface area contributed by atoms with E-state index in [0.29, 0.717) is 6.54 Å². The van der Waals surface area contributed by atoms with Gasteiger partial charge in [-0.05, 0) is 37.6 Å². The van der Waals surface area contributed by atoms with Crippen LogP contribution in [0.3, 0.4) is 0 Å². The van der Waals surface area contributed by atoms with Crippen LogP contribution >= 0.6 is 35.3 Å². The third-order valence-electron chi connectivity index (χ3n) is 3.95. The molecule has 0 spiro atoms. The number of nitrogens with zero attached hydrogens (tertiary/aromatic N) is 3. The molecule has 0 radical (unpaired) electrons. The Hall–Kier alpha value is -2.00. The van der Waals surface area contributed by atoms with E-state index >= 15 is 0 Å². The summed E-state index contributed by atoms with van der Waals surface area (Å²) in [6.45, 7) is 6.41. The van der Waals surface area contributed by atoms with Crippen LogP contribution in [0.15, 0.2) is 59.9 Å². The zero-order chi connectivity index (χ0) is 18.9. The molecular formula is C21H26IN5S. The van der Waals surface area contributed by atoms with Crippen LogP contribution in [0.1, 0.15) is 22.4 Å². The summed E-state index contributed by atoms with van der Waals surface area (Å²) in [5.74, 6) is 0.828. The molecule has 0 amide bonds. The quantitative estimate of drug-likeness (QED) is 0.282. The first kappa shape index (κ1) is 22.3. The van der Waals surface area contributed by atoms with Crippen LogP contribution in [0.4, 0.5) is 0 Å². The number of guanidine groups is 1. The number of halogens is 1. The molecule has 0 atom stereocenters. The van der Waals surface area contributed by atoms with Gasteiger partial charge >= 0.3 is 0 Å². The van der Waals surface area contributed by atoms with Gasteiger partial charge in [-0.25, -0.2) is 9.98 Å². The van der Waals surface area contributed by atoms with Crippen molar-refractivity contribution in [2.45, 2.75) is 26.8 Å². The number of pyridine rings is 1. The SMILES string of the molecule is CCNC(=NCc1cccc(-c2ccccn2)c1)NCCc1ncc(C)s1.I. The summed E-state index contributed by atoms with van der Waals surface area (Å²) in [6.07, 6.45) is 4.64. The number of benzene rings is 1. The van der Waals surface area contributed by atoms with Crippen LogP contribution in [0.2, 0.25) is 0 Å². The van der Waals surface area contributed by atoms with Gasteiger partial charge in [-0.2, -0.15) is 0 Å². The number of nitrogens with one attached hydrogen (secondary N) is 2. The van der Waals surface area contributed by atoms with Crippen LogP contribution in [-0.2, 0) is 13.0 Å². The van der Waals surface area contributed by atoms with Crippen molar-refractivity contribution < 1.29 is 0 Å². The third kappa shape index (κ3) is 6.87. The largest absolute Gasteiger partial charge is 0.357 e. The molecule has 0 aliphatic heterocycles. The van der Waals surface area contributed by atoms with Gasteiger partial charge in [0.2, 0.25) is 0 Å². The van der Waals surface area contributed by atoms with E-state index in [0.717, 1.165) is 47.3 Å². The van der Waals surface area contributed by atoms with Crippen molar-refractivity contribution in [2.24, 2.45) is 4.99 Å². The minimum Gasteiger partial charge on any atom is -0.357 e. The Morgan fingerprint density at radius 3 is 2.71 bits per heavy atom.